The van der Waals surface area contributed by atoms with E-state index in [0.717, 1.165) is 12.1 Å². The van der Waals surface area contributed by atoms with Crippen LogP contribution in [0.25, 0.3) is 0 Å². The maximum Gasteiger partial charge on any atom is 0.416 e. The SMILES string of the molecule is Cl.O=C(NCc1ccc(F)cc1C(F)(F)F)C1CNC1. The predicted molar refractivity (Wildman–Crippen MR) is 66.9 cm³/mol. The van der Waals surface area contributed by atoms with Crippen molar-refractivity contribution in [2.45, 2.75) is 12.7 Å². The Balaban J connectivity index is 0.00000200. The van der Waals surface area contributed by atoms with Crippen LogP contribution < -0.4 is 10.6 Å². The Hall–Kier alpha value is -1.34. The van der Waals surface area contributed by atoms with E-state index in [1.54, 1.807) is 0 Å². The van der Waals surface area contributed by atoms with Crippen molar-refractivity contribution in [3.63, 3.8) is 0 Å². The molecule has 1 fully saturated rings. The summed E-state index contributed by atoms with van der Waals surface area (Å²) in [5, 5.41) is 5.32. The summed E-state index contributed by atoms with van der Waals surface area (Å²) in [5.41, 5.74) is -1.20. The second-order valence-electron chi connectivity index (χ2n) is 4.37. The smallest absolute Gasteiger partial charge is 0.352 e. The molecule has 8 heteroatoms. The van der Waals surface area contributed by atoms with Gasteiger partial charge in [-0.15, -0.1) is 12.4 Å². The van der Waals surface area contributed by atoms with Crippen LogP contribution >= 0.6 is 12.4 Å². The van der Waals surface area contributed by atoms with Crippen molar-refractivity contribution < 1.29 is 22.4 Å². The molecule has 0 aliphatic carbocycles. The third-order valence-corrected chi connectivity index (χ3v) is 2.98. The highest BCUT2D eigenvalue weighted by atomic mass is 35.5. The van der Waals surface area contributed by atoms with E-state index in [0.29, 0.717) is 19.2 Å². The summed E-state index contributed by atoms with van der Waals surface area (Å²) in [6.07, 6.45) is -4.64. The van der Waals surface area contributed by atoms with Crippen LogP contribution in [-0.4, -0.2) is 19.0 Å². The van der Waals surface area contributed by atoms with E-state index >= 15 is 0 Å². The lowest BCUT2D eigenvalue weighted by Gasteiger charge is -2.26. The summed E-state index contributed by atoms with van der Waals surface area (Å²) < 4.78 is 51.0. The summed E-state index contributed by atoms with van der Waals surface area (Å²) in [4.78, 5) is 11.5. The molecule has 3 nitrogen and oxygen atoms in total. The molecule has 1 aliphatic heterocycles. The first-order valence-corrected chi connectivity index (χ1v) is 5.72. The van der Waals surface area contributed by atoms with Crippen LogP contribution in [0.1, 0.15) is 11.1 Å². The molecule has 1 saturated heterocycles. The third-order valence-electron chi connectivity index (χ3n) is 2.98. The van der Waals surface area contributed by atoms with Crippen molar-refractivity contribution in [1.29, 1.82) is 0 Å². The minimum Gasteiger partial charge on any atom is -0.352 e. The molecule has 1 amide bonds. The van der Waals surface area contributed by atoms with Crippen molar-refractivity contribution >= 4 is 18.3 Å². The Labute approximate surface area is 119 Å². The van der Waals surface area contributed by atoms with Gasteiger partial charge in [0.05, 0.1) is 11.5 Å². The highest BCUT2D eigenvalue weighted by molar-refractivity contribution is 5.85. The van der Waals surface area contributed by atoms with Crippen LogP contribution in [0.15, 0.2) is 18.2 Å². The van der Waals surface area contributed by atoms with Gasteiger partial charge in [0.1, 0.15) is 5.82 Å². The minimum atomic E-state index is -4.64. The highest BCUT2D eigenvalue weighted by Gasteiger charge is 2.34. The average molecular weight is 313 g/mol. The minimum absolute atomic E-state index is 0. The van der Waals surface area contributed by atoms with Crippen LogP contribution in [0.5, 0.6) is 0 Å². The van der Waals surface area contributed by atoms with E-state index in [1.165, 1.54) is 0 Å². The normalized spacial score (nSPS) is 15.2. The van der Waals surface area contributed by atoms with Gasteiger partial charge in [-0.3, -0.25) is 4.79 Å². The molecule has 0 aromatic heterocycles. The van der Waals surface area contributed by atoms with Gasteiger partial charge in [0, 0.05) is 19.6 Å². The molecule has 0 saturated carbocycles. The Morgan fingerprint density at radius 1 is 1.35 bits per heavy atom. The van der Waals surface area contributed by atoms with Crippen LogP contribution in [-0.2, 0) is 17.5 Å². The molecule has 0 atom stereocenters. The first-order chi connectivity index (χ1) is 8.88. The number of halogens is 5. The number of nitrogens with one attached hydrogen (secondary N) is 2. The zero-order valence-corrected chi connectivity index (χ0v) is 11.1. The number of carbonyl (C=O) groups excluding carboxylic acids is 1. The number of carbonyl (C=O) groups is 1. The Kier molecular flexibility index (Phi) is 5.35. The topological polar surface area (TPSA) is 41.1 Å². The second-order valence-corrected chi connectivity index (χ2v) is 4.37. The molecule has 1 heterocycles. The summed E-state index contributed by atoms with van der Waals surface area (Å²) >= 11 is 0. The fourth-order valence-corrected chi connectivity index (χ4v) is 1.77. The predicted octanol–water partition coefficient (Wildman–Crippen LogP) is 2.10. The van der Waals surface area contributed by atoms with Gasteiger partial charge in [0.25, 0.3) is 0 Å². The molecule has 0 unspecified atom stereocenters. The molecular weight excluding hydrogens is 300 g/mol. The maximum absolute atomic E-state index is 12.9. The van der Waals surface area contributed by atoms with E-state index in [1.807, 2.05) is 0 Å². The zero-order chi connectivity index (χ0) is 14.0. The van der Waals surface area contributed by atoms with E-state index in [2.05, 4.69) is 10.6 Å². The molecule has 2 N–H and O–H groups in total. The van der Waals surface area contributed by atoms with Crippen molar-refractivity contribution in [2.75, 3.05) is 13.1 Å². The number of benzene rings is 1. The molecule has 0 radical (unpaired) electrons. The summed E-state index contributed by atoms with van der Waals surface area (Å²) in [6, 6.07) is 2.42. The van der Waals surface area contributed by atoms with Gasteiger partial charge in [-0.05, 0) is 17.7 Å². The monoisotopic (exact) mass is 312 g/mol. The number of hydrogen-bond donors (Lipinski definition) is 2. The summed E-state index contributed by atoms with van der Waals surface area (Å²) in [6.45, 7) is 0.799. The van der Waals surface area contributed by atoms with Gasteiger partial charge < -0.3 is 10.6 Å². The van der Waals surface area contributed by atoms with Gasteiger partial charge in [-0.1, -0.05) is 6.07 Å². The van der Waals surface area contributed by atoms with E-state index < -0.39 is 17.6 Å². The van der Waals surface area contributed by atoms with Crippen molar-refractivity contribution in [3.8, 4) is 0 Å². The van der Waals surface area contributed by atoms with E-state index in [9.17, 15) is 22.4 Å². The molecule has 0 spiro atoms. The van der Waals surface area contributed by atoms with Gasteiger partial charge in [-0.25, -0.2) is 4.39 Å². The number of rotatable bonds is 3. The zero-order valence-electron chi connectivity index (χ0n) is 10.3. The number of alkyl halides is 3. The van der Waals surface area contributed by atoms with Crippen LogP contribution in [0.2, 0.25) is 0 Å². The lowest BCUT2D eigenvalue weighted by Crippen LogP contribution is -2.50. The largest absolute Gasteiger partial charge is 0.416 e. The van der Waals surface area contributed by atoms with Crippen molar-refractivity contribution in [2.24, 2.45) is 5.92 Å². The quantitative estimate of drug-likeness (QED) is 0.839. The van der Waals surface area contributed by atoms with Gasteiger partial charge in [0.2, 0.25) is 5.91 Å². The summed E-state index contributed by atoms with van der Waals surface area (Å²) in [5.74, 6) is -1.45. The highest BCUT2D eigenvalue weighted by Crippen LogP contribution is 2.32. The van der Waals surface area contributed by atoms with Gasteiger partial charge >= 0.3 is 6.18 Å². The fraction of sp³-hybridized carbons (Fsp3) is 0.417. The van der Waals surface area contributed by atoms with Crippen molar-refractivity contribution in [3.05, 3.63) is 35.1 Å². The lowest BCUT2D eigenvalue weighted by atomic mass is 10.0. The first-order valence-electron chi connectivity index (χ1n) is 5.72. The Bertz CT molecular complexity index is 489. The van der Waals surface area contributed by atoms with Crippen LogP contribution in [0, 0.1) is 11.7 Å². The maximum atomic E-state index is 12.9. The third kappa shape index (κ3) is 3.83. The second kappa shape index (κ2) is 6.41. The fourth-order valence-electron chi connectivity index (χ4n) is 1.77. The molecular formula is C12H13ClF4N2O. The van der Waals surface area contributed by atoms with Crippen LogP contribution in [0.3, 0.4) is 0 Å². The first kappa shape index (κ1) is 16.7. The molecule has 112 valence electrons. The lowest BCUT2D eigenvalue weighted by molar-refractivity contribution is -0.138. The van der Waals surface area contributed by atoms with Crippen LogP contribution in [0.4, 0.5) is 17.6 Å². The molecule has 0 bridgehead atoms. The Morgan fingerprint density at radius 2 is 2.00 bits per heavy atom. The summed E-state index contributed by atoms with van der Waals surface area (Å²) in [7, 11) is 0. The standard InChI is InChI=1S/C12H12F4N2O.ClH/c13-9-2-1-7(10(3-9)12(14,15)16)6-18-11(19)8-4-17-5-8;/h1-3,8,17H,4-6H2,(H,18,19);1H. The molecule has 1 aromatic rings. The Morgan fingerprint density at radius 3 is 2.50 bits per heavy atom. The molecule has 2 rings (SSSR count). The van der Waals surface area contributed by atoms with E-state index in [4.69, 9.17) is 0 Å². The molecule has 20 heavy (non-hydrogen) atoms. The van der Waals surface area contributed by atoms with E-state index in [-0.39, 0.29) is 36.3 Å². The molecule has 1 aliphatic rings. The number of hydrogen-bond acceptors (Lipinski definition) is 2. The average Bonchev–Trinajstić information content (AvgIpc) is 2.23. The number of amides is 1. The van der Waals surface area contributed by atoms with Crippen molar-refractivity contribution in [1.82, 2.24) is 10.6 Å². The van der Waals surface area contributed by atoms with Gasteiger partial charge in [0.15, 0.2) is 0 Å². The molecule has 1 aromatic carbocycles. The van der Waals surface area contributed by atoms with Gasteiger partial charge in [-0.2, -0.15) is 13.2 Å².